The van der Waals surface area contributed by atoms with Gasteiger partial charge in [0.2, 0.25) is 0 Å². The molecule has 0 radical (unpaired) electrons. The van der Waals surface area contributed by atoms with Crippen LogP contribution in [-0.4, -0.2) is 9.55 Å². The molecule has 1 aromatic carbocycles. The molecule has 0 amide bonds. The van der Waals surface area contributed by atoms with E-state index < -0.39 is 0 Å². The Bertz CT molecular complexity index is 672. The van der Waals surface area contributed by atoms with Crippen molar-refractivity contribution < 1.29 is 4.39 Å². The van der Waals surface area contributed by atoms with E-state index in [1.807, 2.05) is 6.07 Å². The molecule has 1 fully saturated rings. The number of rotatable bonds is 4. The summed E-state index contributed by atoms with van der Waals surface area (Å²) in [5, 5.41) is 0. The fraction of sp³-hybridized carbons (Fsp3) is 0.500. The van der Waals surface area contributed by atoms with E-state index in [1.165, 1.54) is 25.3 Å². The molecule has 1 heterocycles. The van der Waals surface area contributed by atoms with Gasteiger partial charge in [0.15, 0.2) is 4.77 Å². The van der Waals surface area contributed by atoms with Crippen molar-refractivity contribution in [1.82, 2.24) is 9.55 Å². The number of nitrogens with one attached hydrogen (secondary N) is 1. The summed E-state index contributed by atoms with van der Waals surface area (Å²) in [7, 11) is 0. The average Bonchev–Trinajstić information content (AvgIpc) is 3.13. The first-order chi connectivity index (χ1) is 9.10. The van der Waals surface area contributed by atoms with Crippen LogP contribution in [0.15, 0.2) is 16.6 Å². The minimum absolute atomic E-state index is 0.258. The normalized spacial score (nSPS) is 17.0. The molecule has 2 aromatic rings. The highest BCUT2D eigenvalue weighted by Gasteiger charge is 2.26. The van der Waals surface area contributed by atoms with Gasteiger partial charge in [0, 0.05) is 12.1 Å². The van der Waals surface area contributed by atoms with E-state index in [2.05, 4.69) is 32.4 Å². The maximum absolute atomic E-state index is 13.6. The number of hydrogen-bond donors (Lipinski definition) is 1. The molecule has 1 saturated carbocycles. The van der Waals surface area contributed by atoms with E-state index in [4.69, 9.17) is 12.2 Å². The van der Waals surface area contributed by atoms with Gasteiger partial charge in [-0.3, -0.25) is 0 Å². The Hall–Kier alpha value is -0.680. The van der Waals surface area contributed by atoms with E-state index in [0.29, 0.717) is 15.3 Å². The van der Waals surface area contributed by atoms with Crippen molar-refractivity contribution in [3.05, 3.63) is 27.2 Å². The third kappa shape index (κ3) is 2.50. The molecule has 1 atom stereocenters. The number of benzene rings is 1. The average molecular weight is 343 g/mol. The van der Waals surface area contributed by atoms with Crippen molar-refractivity contribution in [1.29, 1.82) is 0 Å². The van der Waals surface area contributed by atoms with Gasteiger partial charge in [-0.1, -0.05) is 19.8 Å². The van der Waals surface area contributed by atoms with Gasteiger partial charge in [-0.25, -0.2) is 4.39 Å². The number of aromatic nitrogens is 2. The van der Waals surface area contributed by atoms with E-state index in [1.54, 1.807) is 0 Å². The highest BCUT2D eigenvalue weighted by atomic mass is 79.9. The van der Waals surface area contributed by atoms with Gasteiger partial charge in [0.1, 0.15) is 5.82 Å². The zero-order valence-electron chi connectivity index (χ0n) is 10.7. The number of H-pyrrole nitrogens is 1. The van der Waals surface area contributed by atoms with Gasteiger partial charge < -0.3 is 9.55 Å². The van der Waals surface area contributed by atoms with Crippen molar-refractivity contribution in [3.63, 3.8) is 0 Å². The van der Waals surface area contributed by atoms with Crippen LogP contribution in [0.1, 0.15) is 38.6 Å². The molecule has 0 saturated heterocycles. The van der Waals surface area contributed by atoms with Crippen LogP contribution in [0, 0.1) is 16.5 Å². The van der Waals surface area contributed by atoms with Crippen molar-refractivity contribution in [2.24, 2.45) is 5.92 Å². The van der Waals surface area contributed by atoms with Gasteiger partial charge in [0.25, 0.3) is 0 Å². The molecular formula is C14H16BrFN2S. The summed E-state index contributed by atoms with van der Waals surface area (Å²) in [6, 6.07) is 3.74. The quantitative estimate of drug-likeness (QED) is 0.742. The lowest BCUT2D eigenvalue weighted by atomic mass is 10.1. The zero-order chi connectivity index (χ0) is 13.6. The standard InChI is InChI=1S/C14H16BrFN2S/c1-2-9(5-8-3-4-8)18-13-6-10(15)11(16)7-12(13)17-14(18)19/h6-9H,2-5H2,1H3,(H,17,19). The summed E-state index contributed by atoms with van der Waals surface area (Å²) in [5.41, 5.74) is 1.77. The molecule has 19 heavy (non-hydrogen) atoms. The number of imidazole rings is 1. The number of aromatic amines is 1. The molecule has 1 aromatic heterocycles. The maximum Gasteiger partial charge on any atom is 0.178 e. The third-order valence-corrected chi connectivity index (χ3v) is 4.80. The van der Waals surface area contributed by atoms with E-state index in [0.717, 1.165) is 23.4 Å². The topological polar surface area (TPSA) is 20.7 Å². The molecule has 102 valence electrons. The Kier molecular flexibility index (Phi) is 3.52. The van der Waals surface area contributed by atoms with E-state index >= 15 is 0 Å². The predicted octanol–water partition coefficient (Wildman–Crippen LogP) is 5.35. The molecule has 2 nitrogen and oxygen atoms in total. The molecular weight excluding hydrogens is 327 g/mol. The monoisotopic (exact) mass is 342 g/mol. The SMILES string of the molecule is CCC(CC1CC1)n1c(=S)[nH]c2cc(F)c(Br)cc21. The Balaban J connectivity index is 2.12. The van der Waals surface area contributed by atoms with Crippen molar-refractivity contribution in [2.75, 3.05) is 0 Å². The third-order valence-electron chi connectivity index (χ3n) is 3.90. The Morgan fingerprint density at radius 1 is 1.53 bits per heavy atom. The van der Waals surface area contributed by atoms with Crippen LogP contribution in [0.3, 0.4) is 0 Å². The number of halogens is 2. The van der Waals surface area contributed by atoms with E-state index in [-0.39, 0.29) is 5.82 Å². The molecule has 0 spiro atoms. The minimum Gasteiger partial charge on any atom is -0.330 e. The van der Waals surface area contributed by atoms with Crippen LogP contribution in [0.5, 0.6) is 0 Å². The van der Waals surface area contributed by atoms with Crippen LogP contribution >= 0.6 is 28.1 Å². The fourth-order valence-electron chi connectivity index (χ4n) is 2.68. The second kappa shape index (κ2) is 5.02. The summed E-state index contributed by atoms with van der Waals surface area (Å²) in [6.07, 6.45) is 4.90. The lowest BCUT2D eigenvalue weighted by Gasteiger charge is -2.17. The smallest absolute Gasteiger partial charge is 0.178 e. The summed E-state index contributed by atoms with van der Waals surface area (Å²) in [6.45, 7) is 2.19. The summed E-state index contributed by atoms with van der Waals surface area (Å²) in [5.74, 6) is 0.590. The lowest BCUT2D eigenvalue weighted by molar-refractivity contribution is 0.434. The van der Waals surface area contributed by atoms with Crippen LogP contribution in [0.4, 0.5) is 4.39 Å². The van der Waals surface area contributed by atoms with Crippen LogP contribution in [0.2, 0.25) is 0 Å². The predicted molar refractivity (Wildman–Crippen MR) is 81.4 cm³/mol. The largest absolute Gasteiger partial charge is 0.330 e. The first-order valence-electron chi connectivity index (χ1n) is 6.69. The first kappa shape index (κ1) is 13.3. The minimum atomic E-state index is -0.258. The molecule has 1 aliphatic carbocycles. The number of nitrogens with zero attached hydrogens (tertiary/aromatic N) is 1. The molecule has 1 N–H and O–H groups in total. The Labute approximate surface area is 125 Å². The highest BCUT2D eigenvalue weighted by Crippen LogP contribution is 2.39. The second-order valence-corrected chi connectivity index (χ2v) is 6.57. The van der Waals surface area contributed by atoms with Gasteiger partial charge in [-0.15, -0.1) is 0 Å². The van der Waals surface area contributed by atoms with Crippen LogP contribution in [-0.2, 0) is 0 Å². The highest BCUT2D eigenvalue weighted by molar-refractivity contribution is 9.10. The number of fused-ring (bicyclic) bond motifs is 1. The van der Waals surface area contributed by atoms with Crippen molar-refractivity contribution in [3.8, 4) is 0 Å². The van der Waals surface area contributed by atoms with E-state index in [9.17, 15) is 4.39 Å². The van der Waals surface area contributed by atoms with Crippen molar-refractivity contribution in [2.45, 2.75) is 38.6 Å². The van der Waals surface area contributed by atoms with Crippen LogP contribution in [0.25, 0.3) is 11.0 Å². The molecule has 1 unspecified atom stereocenters. The fourth-order valence-corrected chi connectivity index (χ4v) is 3.36. The molecule has 0 aliphatic heterocycles. The van der Waals surface area contributed by atoms with Gasteiger partial charge in [0.05, 0.1) is 15.5 Å². The van der Waals surface area contributed by atoms with Crippen LogP contribution < -0.4 is 0 Å². The Morgan fingerprint density at radius 3 is 2.89 bits per heavy atom. The van der Waals surface area contributed by atoms with Gasteiger partial charge >= 0.3 is 0 Å². The molecule has 0 bridgehead atoms. The zero-order valence-corrected chi connectivity index (χ0v) is 13.2. The second-order valence-electron chi connectivity index (χ2n) is 5.32. The molecule has 1 aliphatic rings. The summed E-state index contributed by atoms with van der Waals surface area (Å²) >= 11 is 8.68. The van der Waals surface area contributed by atoms with Gasteiger partial charge in [-0.05, 0) is 53.0 Å². The number of hydrogen-bond acceptors (Lipinski definition) is 1. The summed E-state index contributed by atoms with van der Waals surface area (Å²) in [4.78, 5) is 3.12. The first-order valence-corrected chi connectivity index (χ1v) is 7.89. The summed E-state index contributed by atoms with van der Waals surface area (Å²) < 4.78 is 16.9. The molecule has 5 heteroatoms. The Morgan fingerprint density at radius 2 is 2.26 bits per heavy atom. The van der Waals surface area contributed by atoms with Crippen molar-refractivity contribution >= 4 is 39.2 Å². The maximum atomic E-state index is 13.6. The lowest BCUT2D eigenvalue weighted by Crippen LogP contribution is -2.09. The van der Waals surface area contributed by atoms with Gasteiger partial charge in [-0.2, -0.15) is 0 Å². The molecule has 3 rings (SSSR count).